The van der Waals surface area contributed by atoms with Gasteiger partial charge in [0.15, 0.2) is 0 Å². The van der Waals surface area contributed by atoms with E-state index in [0.717, 1.165) is 0 Å². The van der Waals surface area contributed by atoms with Gasteiger partial charge in [-0.1, -0.05) is 0 Å². The van der Waals surface area contributed by atoms with Crippen LogP contribution in [0.15, 0.2) is 0 Å². The van der Waals surface area contributed by atoms with E-state index in [4.69, 9.17) is 0 Å². The predicted octanol–water partition coefficient (Wildman–Crippen LogP) is -0.832. The molecule has 32 valence electrons. The molecule has 4 heavy (non-hydrogen) atoms. The summed E-state index contributed by atoms with van der Waals surface area (Å²) in [7, 11) is 0. The molecule has 0 aliphatic rings. The number of rotatable bonds is 0. The first-order valence-corrected chi connectivity index (χ1v) is 0. The van der Waals surface area contributed by atoms with Crippen molar-refractivity contribution >= 4 is 0 Å². The maximum atomic E-state index is 0. The van der Waals surface area contributed by atoms with Crippen molar-refractivity contribution in [1.82, 2.24) is 0 Å². The average molecular weight is 188 g/mol. The largest absolute Gasteiger partial charge is 0.412 e. The van der Waals surface area contributed by atoms with Crippen molar-refractivity contribution in [3.05, 3.63) is 0 Å². The Hall–Kier alpha value is 1.51. The van der Waals surface area contributed by atoms with Gasteiger partial charge >= 0.3 is 0 Å². The number of hydrogen-bond donors (Lipinski definition) is 0. The zero-order valence-corrected chi connectivity index (χ0v) is 4.89. The van der Waals surface area contributed by atoms with Gasteiger partial charge in [0.1, 0.15) is 0 Å². The van der Waals surface area contributed by atoms with Crippen molar-refractivity contribution in [3.63, 3.8) is 0 Å². The predicted molar refractivity (Wildman–Crippen MR) is 3.61 cm³/mol. The van der Waals surface area contributed by atoms with E-state index in [1.165, 1.54) is 0 Å². The van der Waals surface area contributed by atoms with Crippen molar-refractivity contribution in [3.8, 4) is 0 Å². The maximum absolute atomic E-state index is 0. The summed E-state index contributed by atoms with van der Waals surface area (Å²) >= 11 is 0. The van der Waals surface area contributed by atoms with Crippen LogP contribution in [-0.4, -0.2) is 5.48 Å². The third-order valence-corrected chi connectivity index (χ3v) is 0. The molecule has 1 nitrogen and oxygen atoms in total. The summed E-state index contributed by atoms with van der Waals surface area (Å²) in [5.41, 5.74) is 0. The van der Waals surface area contributed by atoms with Crippen LogP contribution in [-0.2, 0) is 50.9 Å². The van der Waals surface area contributed by atoms with Gasteiger partial charge in [0, 0.05) is 50.9 Å². The van der Waals surface area contributed by atoms with E-state index in [-0.39, 0.29) is 56.4 Å². The van der Waals surface area contributed by atoms with Gasteiger partial charge in [-0.25, -0.2) is 0 Å². The summed E-state index contributed by atoms with van der Waals surface area (Å²) in [6.07, 6.45) is 0. The first-order chi connectivity index (χ1) is 0. The van der Waals surface area contributed by atoms with Crippen molar-refractivity contribution in [2.45, 2.75) is 0 Å². The van der Waals surface area contributed by atoms with Crippen LogP contribution in [0.5, 0.6) is 0 Å². The van der Waals surface area contributed by atoms with E-state index in [1.54, 1.807) is 0 Å². The first kappa shape index (κ1) is 49.3. The summed E-state index contributed by atoms with van der Waals surface area (Å²) in [5, 5.41) is 0. The second kappa shape index (κ2) is 24.4. The number of hydrogen-bond acceptors (Lipinski definition) is 0. The van der Waals surface area contributed by atoms with Crippen LogP contribution in [0.4, 0.5) is 0 Å². The molecule has 0 rings (SSSR count). The van der Waals surface area contributed by atoms with Gasteiger partial charge in [0.25, 0.3) is 0 Å². The van der Waals surface area contributed by atoms with Crippen LogP contribution in [0.3, 0.4) is 0 Å². The zero-order chi connectivity index (χ0) is 0. The summed E-state index contributed by atoms with van der Waals surface area (Å²) in [5.74, 6) is 0. The fourth-order valence-corrected chi connectivity index (χ4v) is 0. The molecule has 4 heteroatoms. The van der Waals surface area contributed by atoms with Crippen molar-refractivity contribution in [2.75, 3.05) is 0 Å². The van der Waals surface area contributed by atoms with E-state index < -0.39 is 0 Å². The Bertz CT molecular complexity index is 8.00. The van der Waals surface area contributed by atoms with Crippen LogP contribution in [0.25, 0.3) is 0 Å². The summed E-state index contributed by atoms with van der Waals surface area (Å²) in [6, 6.07) is 0. The topological polar surface area (TPSA) is 31.5 Å². The molecular formula is H2CoFeMnO. The van der Waals surface area contributed by atoms with E-state index >= 15 is 0 Å². The van der Waals surface area contributed by atoms with Crippen LogP contribution in [0, 0.1) is 0 Å². The minimum Gasteiger partial charge on any atom is -0.412 e. The molecule has 2 N–H and O–H groups in total. The van der Waals surface area contributed by atoms with Crippen molar-refractivity contribution < 1.29 is 56.4 Å². The van der Waals surface area contributed by atoms with Crippen LogP contribution in [0.1, 0.15) is 0 Å². The monoisotopic (exact) mass is 188 g/mol. The average Bonchev–Trinajstić information content (AvgIpc) is 0. The molecular weight excluding hydrogens is 186 g/mol. The van der Waals surface area contributed by atoms with Crippen LogP contribution in [0.2, 0.25) is 0 Å². The molecule has 0 aromatic heterocycles. The molecule has 0 amide bonds. The van der Waals surface area contributed by atoms with Crippen LogP contribution < -0.4 is 0 Å². The standard InChI is InChI=1S/Co.Fe.Mn.H2O/h;;;1H2. The molecule has 2 radical (unpaired) electrons. The molecule has 0 heterocycles. The maximum Gasteiger partial charge on any atom is 0 e. The Kier molecular flexibility index (Phi) is 301. The minimum absolute atomic E-state index is 0. The zero-order valence-electron chi connectivity index (χ0n) is 1.56. The second-order valence-electron chi connectivity index (χ2n) is 0. The first-order valence-electron chi connectivity index (χ1n) is 0. The van der Waals surface area contributed by atoms with Gasteiger partial charge in [-0.05, 0) is 0 Å². The molecule has 0 saturated heterocycles. The smallest absolute Gasteiger partial charge is 0 e. The van der Waals surface area contributed by atoms with E-state index in [0.29, 0.717) is 0 Å². The molecule has 0 atom stereocenters. The van der Waals surface area contributed by atoms with Gasteiger partial charge in [-0.3, -0.25) is 0 Å². The van der Waals surface area contributed by atoms with Gasteiger partial charge in [-0.15, -0.1) is 0 Å². The Morgan fingerprint density at radius 3 is 1.00 bits per heavy atom. The fourth-order valence-electron chi connectivity index (χ4n) is 0. The van der Waals surface area contributed by atoms with Crippen LogP contribution >= 0.6 is 0 Å². The van der Waals surface area contributed by atoms with Gasteiger partial charge < -0.3 is 5.48 Å². The molecule has 0 aliphatic carbocycles. The molecule has 0 fully saturated rings. The second-order valence-corrected chi connectivity index (χ2v) is 0. The summed E-state index contributed by atoms with van der Waals surface area (Å²) in [6.45, 7) is 0. The quantitative estimate of drug-likeness (QED) is 0.444. The molecule has 0 aliphatic heterocycles. The molecule has 0 bridgehead atoms. The fraction of sp³-hybridized carbons (Fsp3) is 0. The van der Waals surface area contributed by atoms with E-state index in [1.807, 2.05) is 0 Å². The summed E-state index contributed by atoms with van der Waals surface area (Å²) < 4.78 is 0. The minimum atomic E-state index is 0. The SMILES string of the molecule is O.[Co].[Fe].[Mn]. The van der Waals surface area contributed by atoms with Gasteiger partial charge in [0.05, 0.1) is 0 Å². The Balaban J connectivity index is 0. The Morgan fingerprint density at radius 1 is 1.00 bits per heavy atom. The van der Waals surface area contributed by atoms with Crippen molar-refractivity contribution in [2.24, 2.45) is 0 Å². The Labute approximate surface area is 56.4 Å². The van der Waals surface area contributed by atoms with Gasteiger partial charge in [-0.2, -0.15) is 0 Å². The molecule has 0 aromatic rings. The normalized spacial score (nSPS) is 0. The van der Waals surface area contributed by atoms with Gasteiger partial charge in [0.2, 0.25) is 0 Å². The van der Waals surface area contributed by atoms with E-state index in [9.17, 15) is 0 Å². The van der Waals surface area contributed by atoms with E-state index in [2.05, 4.69) is 0 Å². The summed E-state index contributed by atoms with van der Waals surface area (Å²) in [4.78, 5) is 0. The molecule has 0 saturated carbocycles. The van der Waals surface area contributed by atoms with Crippen molar-refractivity contribution in [1.29, 1.82) is 0 Å². The molecule has 0 aromatic carbocycles. The molecule has 0 spiro atoms. The third-order valence-electron chi connectivity index (χ3n) is 0. The molecule has 0 unspecified atom stereocenters. The Morgan fingerprint density at radius 2 is 1.00 bits per heavy atom. The third kappa shape index (κ3) is 9.71.